The van der Waals surface area contributed by atoms with Crippen molar-refractivity contribution < 1.29 is 26.8 Å². The van der Waals surface area contributed by atoms with Crippen LogP contribution in [0.4, 0.5) is 14.6 Å². The number of sulfonamides is 1. The van der Waals surface area contributed by atoms with Crippen LogP contribution >= 0.6 is 0 Å². The Labute approximate surface area is 185 Å². The highest BCUT2D eigenvalue weighted by atomic mass is 32.2. The molecule has 2 amide bonds. The number of rotatable bonds is 7. The predicted molar refractivity (Wildman–Crippen MR) is 113 cm³/mol. The molecule has 3 rings (SSSR count). The van der Waals surface area contributed by atoms with Crippen LogP contribution in [0.5, 0.6) is 0 Å². The fraction of sp³-hybridized carbons (Fsp3) is 0.381. The van der Waals surface area contributed by atoms with Crippen LogP contribution in [0.2, 0.25) is 0 Å². The molecule has 1 aliphatic rings. The quantitative estimate of drug-likeness (QED) is 0.651. The number of aryl methyl sites for hydroxylation is 1. The number of likely N-dealkylation sites (tertiary alicyclic amines) is 1. The molecule has 2 heterocycles. The minimum atomic E-state index is -4.09. The van der Waals surface area contributed by atoms with Gasteiger partial charge in [-0.2, -0.15) is 0 Å². The predicted octanol–water partition coefficient (Wildman–Crippen LogP) is 2.21. The summed E-state index contributed by atoms with van der Waals surface area (Å²) in [4.78, 5) is 30.4. The summed E-state index contributed by atoms with van der Waals surface area (Å²) in [7, 11) is -4.09. The van der Waals surface area contributed by atoms with Gasteiger partial charge in [0.05, 0.1) is 10.8 Å². The summed E-state index contributed by atoms with van der Waals surface area (Å²) in [6, 6.07) is 5.85. The number of carbonyl (C=O) groups is 2. The molecule has 172 valence electrons. The topological polar surface area (TPSA) is 108 Å². The first-order valence-electron chi connectivity index (χ1n) is 10.1. The number of amides is 2. The lowest BCUT2D eigenvalue weighted by atomic mass is 9.96. The highest BCUT2D eigenvalue weighted by Gasteiger charge is 2.29. The van der Waals surface area contributed by atoms with Crippen LogP contribution in [-0.4, -0.2) is 49.8 Å². The van der Waals surface area contributed by atoms with Crippen LogP contribution in [0.1, 0.15) is 24.8 Å². The minimum Gasteiger partial charge on any atom is -0.342 e. The van der Waals surface area contributed by atoms with Crippen molar-refractivity contribution in [3.8, 4) is 0 Å². The standard InChI is InChI=1S/C21H24F2N4O4S/c1-14-4-2-9-24-20(14)26-21(29)15-5-3-11-27(13-15)19(28)8-10-25-32(30,31)16-6-7-17(22)18(23)12-16/h2,4,6-7,9,12,15,25H,3,5,8,10-11,13H2,1H3,(H,24,26,29). The molecule has 1 fully saturated rings. The Morgan fingerprint density at radius 1 is 1.22 bits per heavy atom. The van der Waals surface area contributed by atoms with Crippen molar-refractivity contribution in [1.82, 2.24) is 14.6 Å². The van der Waals surface area contributed by atoms with E-state index in [4.69, 9.17) is 0 Å². The van der Waals surface area contributed by atoms with Crippen LogP contribution in [0.25, 0.3) is 0 Å². The lowest BCUT2D eigenvalue weighted by molar-refractivity contribution is -0.134. The van der Waals surface area contributed by atoms with Crippen LogP contribution in [0.15, 0.2) is 41.4 Å². The molecule has 1 aromatic carbocycles. The average molecular weight is 467 g/mol. The molecular formula is C21H24F2N4O4S. The highest BCUT2D eigenvalue weighted by molar-refractivity contribution is 7.89. The number of hydrogen-bond acceptors (Lipinski definition) is 5. The van der Waals surface area contributed by atoms with Gasteiger partial charge in [-0.25, -0.2) is 26.9 Å². The van der Waals surface area contributed by atoms with Crippen molar-refractivity contribution in [2.24, 2.45) is 5.92 Å². The summed E-state index contributed by atoms with van der Waals surface area (Å²) in [5, 5.41) is 2.79. The molecule has 2 N–H and O–H groups in total. The molecule has 1 unspecified atom stereocenters. The fourth-order valence-electron chi connectivity index (χ4n) is 3.43. The van der Waals surface area contributed by atoms with Crippen molar-refractivity contribution in [1.29, 1.82) is 0 Å². The smallest absolute Gasteiger partial charge is 0.240 e. The van der Waals surface area contributed by atoms with Gasteiger partial charge in [-0.3, -0.25) is 9.59 Å². The number of piperidine rings is 1. The second-order valence-corrected chi connectivity index (χ2v) is 9.33. The number of nitrogens with one attached hydrogen (secondary N) is 2. The van der Waals surface area contributed by atoms with Crippen molar-refractivity contribution in [3.63, 3.8) is 0 Å². The number of pyridine rings is 1. The largest absolute Gasteiger partial charge is 0.342 e. The van der Waals surface area contributed by atoms with E-state index in [1.165, 1.54) is 4.90 Å². The molecule has 0 radical (unpaired) electrons. The third-order valence-electron chi connectivity index (χ3n) is 5.23. The number of benzene rings is 1. The van der Waals surface area contributed by atoms with Crippen molar-refractivity contribution in [2.45, 2.75) is 31.1 Å². The van der Waals surface area contributed by atoms with Gasteiger partial charge < -0.3 is 10.2 Å². The summed E-state index contributed by atoms with van der Waals surface area (Å²) in [6.07, 6.45) is 2.73. The van der Waals surface area contributed by atoms with E-state index >= 15 is 0 Å². The zero-order chi connectivity index (χ0) is 23.3. The first kappa shape index (κ1) is 23.7. The van der Waals surface area contributed by atoms with Gasteiger partial charge in [0.25, 0.3) is 0 Å². The summed E-state index contributed by atoms with van der Waals surface area (Å²) >= 11 is 0. The van der Waals surface area contributed by atoms with E-state index in [1.807, 2.05) is 13.0 Å². The van der Waals surface area contributed by atoms with E-state index in [0.717, 1.165) is 17.7 Å². The van der Waals surface area contributed by atoms with E-state index in [1.54, 1.807) is 12.3 Å². The van der Waals surface area contributed by atoms with E-state index in [2.05, 4.69) is 15.0 Å². The van der Waals surface area contributed by atoms with Crippen LogP contribution < -0.4 is 10.0 Å². The Balaban J connectivity index is 1.52. The van der Waals surface area contributed by atoms with Gasteiger partial charge in [0, 0.05) is 32.3 Å². The number of aromatic nitrogens is 1. The molecule has 1 saturated heterocycles. The normalized spacial score (nSPS) is 16.6. The van der Waals surface area contributed by atoms with E-state index in [9.17, 15) is 26.8 Å². The maximum Gasteiger partial charge on any atom is 0.240 e. The molecule has 1 aromatic heterocycles. The average Bonchev–Trinajstić information content (AvgIpc) is 2.77. The Kier molecular flexibility index (Phi) is 7.52. The second-order valence-electron chi connectivity index (χ2n) is 7.56. The Hall–Kier alpha value is -2.92. The van der Waals surface area contributed by atoms with Gasteiger partial charge in [0.2, 0.25) is 21.8 Å². The molecule has 0 aliphatic carbocycles. The van der Waals surface area contributed by atoms with E-state index < -0.39 is 32.5 Å². The van der Waals surface area contributed by atoms with E-state index in [-0.39, 0.29) is 31.3 Å². The van der Waals surface area contributed by atoms with Crippen LogP contribution in [0.3, 0.4) is 0 Å². The van der Waals surface area contributed by atoms with Gasteiger partial charge in [0.1, 0.15) is 5.82 Å². The minimum absolute atomic E-state index is 0.128. The number of carbonyl (C=O) groups excluding carboxylic acids is 2. The third kappa shape index (κ3) is 5.86. The number of nitrogens with zero attached hydrogens (tertiary/aromatic N) is 2. The molecular weight excluding hydrogens is 442 g/mol. The van der Waals surface area contributed by atoms with Crippen LogP contribution in [0, 0.1) is 24.5 Å². The molecule has 32 heavy (non-hydrogen) atoms. The molecule has 1 atom stereocenters. The SMILES string of the molecule is Cc1cccnc1NC(=O)C1CCCN(C(=O)CCNS(=O)(=O)c2ccc(F)c(F)c2)C1. The maximum absolute atomic E-state index is 13.3. The first-order chi connectivity index (χ1) is 15.2. The van der Waals surface area contributed by atoms with Gasteiger partial charge in [-0.1, -0.05) is 6.07 Å². The Morgan fingerprint density at radius 2 is 2.00 bits per heavy atom. The first-order valence-corrected chi connectivity index (χ1v) is 11.6. The molecule has 0 bridgehead atoms. The lowest BCUT2D eigenvalue weighted by Crippen LogP contribution is -2.44. The molecule has 2 aromatic rings. The summed E-state index contributed by atoms with van der Waals surface area (Å²) in [5.74, 6) is -2.86. The van der Waals surface area contributed by atoms with Crippen molar-refractivity contribution in [3.05, 3.63) is 53.7 Å². The molecule has 1 aliphatic heterocycles. The summed E-state index contributed by atoms with van der Waals surface area (Å²) in [6.45, 7) is 2.33. The Bertz CT molecular complexity index is 1110. The number of anilines is 1. The van der Waals surface area contributed by atoms with E-state index in [0.29, 0.717) is 31.3 Å². The van der Waals surface area contributed by atoms with Crippen molar-refractivity contribution in [2.75, 3.05) is 25.0 Å². The second kappa shape index (κ2) is 10.1. The van der Waals surface area contributed by atoms with Gasteiger partial charge in [0.15, 0.2) is 11.6 Å². The zero-order valence-corrected chi connectivity index (χ0v) is 18.3. The van der Waals surface area contributed by atoms with Crippen LogP contribution in [-0.2, 0) is 19.6 Å². The van der Waals surface area contributed by atoms with Crippen molar-refractivity contribution >= 4 is 27.7 Å². The fourth-order valence-corrected chi connectivity index (χ4v) is 4.47. The third-order valence-corrected chi connectivity index (χ3v) is 6.69. The number of hydrogen-bond donors (Lipinski definition) is 2. The molecule has 0 spiro atoms. The van der Waals surface area contributed by atoms with Gasteiger partial charge in [-0.05, 0) is 49.6 Å². The summed E-state index contributed by atoms with van der Waals surface area (Å²) < 4.78 is 52.9. The molecule has 8 nitrogen and oxygen atoms in total. The van der Waals surface area contributed by atoms with Gasteiger partial charge in [-0.15, -0.1) is 0 Å². The molecule has 0 saturated carbocycles. The summed E-state index contributed by atoms with van der Waals surface area (Å²) in [5.41, 5.74) is 0.831. The zero-order valence-electron chi connectivity index (χ0n) is 17.5. The lowest BCUT2D eigenvalue weighted by Gasteiger charge is -2.32. The number of halogens is 2. The molecule has 11 heteroatoms. The Morgan fingerprint density at radius 3 is 2.72 bits per heavy atom. The highest BCUT2D eigenvalue weighted by Crippen LogP contribution is 2.20. The van der Waals surface area contributed by atoms with Gasteiger partial charge >= 0.3 is 0 Å². The monoisotopic (exact) mass is 466 g/mol. The maximum atomic E-state index is 13.3.